The zero-order chi connectivity index (χ0) is 18.4. The second kappa shape index (κ2) is 8.10. The van der Waals surface area contributed by atoms with E-state index in [-0.39, 0.29) is 17.1 Å². The summed E-state index contributed by atoms with van der Waals surface area (Å²) in [5.41, 5.74) is 0.818. The van der Waals surface area contributed by atoms with E-state index >= 15 is 0 Å². The molecule has 1 N–H and O–H groups in total. The lowest BCUT2D eigenvalue weighted by atomic mass is 10.1. The maximum absolute atomic E-state index is 12.3. The Hall–Kier alpha value is -3.15. The largest absolute Gasteiger partial charge is 0.507 e. The van der Waals surface area contributed by atoms with Crippen LogP contribution in [0.3, 0.4) is 0 Å². The lowest BCUT2D eigenvalue weighted by Crippen LogP contribution is -1.98. The van der Waals surface area contributed by atoms with Crippen LogP contribution >= 0.6 is 0 Å². The van der Waals surface area contributed by atoms with Crippen molar-refractivity contribution in [2.75, 3.05) is 28.4 Å². The Morgan fingerprint density at radius 1 is 0.920 bits per heavy atom. The summed E-state index contributed by atoms with van der Waals surface area (Å²) in [6.07, 6.45) is 2.94. The molecule has 0 saturated carbocycles. The van der Waals surface area contributed by atoms with Crippen molar-refractivity contribution in [3.05, 3.63) is 47.5 Å². The van der Waals surface area contributed by atoms with E-state index in [9.17, 15) is 9.90 Å². The lowest BCUT2D eigenvalue weighted by molar-refractivity contribution is 0.104. The number of carbonyl (C=O) groups excluding carboxylic acids is 1. The monoisotopic (exact) mass is 344 g/mol. The topological polar surface area (TPSA) is 74.2 Å². The number of ether oxygens (including phenoxy) is 4. The molecule has 0 unspecified atom stereocenters. The molecule has 0 amide bonds. The van der Waals surface area contributed by atoms with Crippen LogP contribution < -0.4 is 18.9 Å². The predicted octanol–water partition coefficient (Wildman–Crippen LogP) is 3.32. The highest BCUT2D eigenvalue weighted by atomic mass is 16.5. The minimum absolute atomic E-state index is 0.145. The van der Waals surface area contributed by atoms with Crippen LogP contribution in [0.4, 0.5) is 0 Å². The fourth-order valence-electron chi connectivity index (χ4n) is 2.36. The zero-order valence-corrected chi connectivity index (χ0v) is 14.5. The molecule has 6 heteroatoms. The summed E-state index contributed by atoms with van der Waals surface area (Å²) in [6, 6.07) is 7.97. The highest BCUT2D eigenvalue weighted by Gasteiger charge is 2.15. The molecule has 0 aliphatic heterocycles. The third-order valence-electron chi connectivity index (χ3n) is 3.62. The van der Waals surface area contributed by atoms with E-state index in [0.29, 0.717) is 28.6 Å². The molecule has 0 heterocycles. The smallest absolute Gasteiger partial charge is 0.203 e. The number of phenolic OH excluding ortho intramolecular Hbond substituents is 1. The van der Waals surface area contributed by atoms with Crippen molar-refractivity contribution in [1.82, 2.24) is 0 Å². The van der Waals surface area contributed by atoms with Crippen LogP contribution in [0.5, 0.6) is 28.7 Å². The highest BCUT2D eigenvalue weighted by molar-refractivity contribution is 6.08. The molecule has 25 heavy (non-hydrogen) atoms. The van der Waals surface area contributed by atoms with Gasteiger partial charge in [-0.2, -0.15) is 0 Å². The Morgan fingerprint density at radius 3 is 2.20 bits per heavy atom. The summed E-state index contributed by atoms with van der Waals surface area (Å²) in [5, 5.41) is 9.95. The summed E-state index contributed by atoms with van der Waals surface area (Å²) in [4.78, 5) is 12.3. The van der Waals surface area contributed by atoms with Gasteiger partial charge in [0.05, 0.1) is 34.0 Å². The van der Waals surface area contributed by atoms with Gasteiger partial charge in [0.15, 0.2) is 17.3 Å². The summed E-state index contributed by atoms with van der Waals surface area (Å²) in [5.74, 6) is 1.39. The molecule has 132 valence electrons. The number of aromatic hydroxyl groups is 1. The minimum atomic E-state index is -0.350. The third-order valence-corrected chi connectivity index (χ3v) is 3.62. The van der Waals surface area contributed by atoms with Crippen LogP contribution in [0.2, 0.25) is 0 Å². The van der Waals surface area contributed by atoms with Gasteiger partial charge in [-0.3, -0.25) is 4.79 Å². The van der Waals surface area contributed by atoms with Gasteiger partial charge < -0.3 is 24.1 Å². The molecule has 0 radical (unpaired) electrons. The average Bonchev–Trinajstić information content (AvgIpc) is 2.64. The van der Waals surface area contributed by atoms with Crippen molar-refractivity contribution in [2.24, 2.45) is 0 Å². The SMILES string of the molecule is COc1ccc(C(=O)/C=C\c2ccc(OC)c(OC)c2OC)c(O)c1. The van der Waals surface area contributed by atoms with Gasteiger partial charge >= 0.3 is 0 Å². The van der Waals surface area contributed by atoms with Gasteiger partial charge in [-0.15, -0.1) is 0 Å². The summed E-state index contributed by atoms with van der Waals surface area (Å²) in [6.45, 7) is 0. The quantitative estimate of drug-likeness (QED) is 0.613. The van der Waals surface area contributed by atoms with E-state index in [1.165, 1.54) is 46.6 Å². The molecular formula is C19H20O6. The number of carbonyl (C=O) groups is 1. The number of allylic oxidation sites excluding steroid dienone is 1. The number of benzene rings is 2. The molecule has 0 saturated heterocycles. The number of phenols is 1. The maximum Gasteiger partial charge on any atom is 0.203 e. The number of ketones is 1. The minimum Gasteiger partial charge on any atom is -0.507 e. The molecule has 0 fully saturated rings. The number of hydrogen-bond donors (Lipinski definition) is 1. The molecular weight excluding hydrogens is 324 g/mol. The van der Waals surface area contributed by atoms with Gasteiger partial charge in [-0.1, -0.05) is 0 Å². The number of hydrogen-bond acceptors (Lipinski definition) is 6. The van der Waals surface area contributed by atoms with E-state index < -0.39 is 0 Å². The third kappa shape index (κ3) is 3.85. The van der Waals surface area contributed by atoms with E-state index in [4.69, 9.17) is 18.9 Å². The fourth-order valence-corrected chi connectivity index (χ4v) is 2.36. The van der Waals surface area contributed by atoms with Crippen LogP contribution in [0, 0.1) is 0 Å². The van der Waals surface area contributed by atoms with E-state index in [1.807, 2.05) is 0 Å². The fraction of sp³-hybridized carbons (Fsp3) is 0.211. The maximum atomic E-state index is 12.3. The number of rotatable bonds is 7. The van der Waals surface area contributed by atoms with Gasteiger partial charge in [0.2, 0.25) is 5.75 Å². The van der Waals surface area contributed by atoms with Gasteiger partial charge in [0, 0.05) is 11.6 Å². The molecule has 0 spiro atoms. The van der Waals surface area contributed by atoms with Crippen LogP contribution in [-0.4, -0.2) is 39.3 Å². The Kier molecular flexibility index (Phi) is 5.89. The van der Waals surface area contributed by atoms with Crippen molar-refractivity contribution in [3.63, 3.8) is 0 Å². The summed E-state index contributed by atoms with van der Waals surface area (Å²) >= 11 is 0. The summed E-state index contributed by atoms with van der Waals surface area (Å²) < 4.78 is 20.9. The van der Waals surface area contributed by atoms with Crippen LogP contribution in [0.15, 0.2) is 36.4 Å². The second-order valence-corrected chi connectivity index (χ2v) is 5.00. The average molecular weight is 344 g/mol. The molecule has 2 aromatic rings. The van der Waals surface area contributed by atoms with E-state index in [2.05, 4.69) is 0 Å². The van der Waals surface area contributed by atoms with E-state index in [1.54, 1.807) is 24.3 Å². The molecule has 2 rings (SSSR count). The van der Waals surface area contributed by atoms with Crippen molar-refractivity contribution >= 4 is 11.9 Å². The Labute approximate surface area is 146 Å². The predicted molar refractivity (Wildman–Crippen MR) is 94.1 cm³/mol. The van der Waals surface area contributed by atoms with Gasteiger partial charge in [-0.05, 0) is 36.4 Å². The molecule has 0 bridgehead atoms. The zero-order valence-electron chi connectivity index (χ0n) is 14.5. The molecule has 0 atom stereocenters. The Balaban J connectivity index is 2.34. The molecule has 0 aromatic heterocycles. The first-order chi connectivity index (χ1) is 12.0. The van der Waals surface area contributed by atoms with Crippen molar-refractivity contribution in [2.45, 2.75) is 0 Å². The first-order valence-corrected chi connectivity index (χ1v) is 7.44. The van der Waals surface area contributed by atoms with Gasteiger partial charge in [0.25, 0.3) is 0 Å². The van der Waals surface area contributed by atoms with Crippen LogP contribution in [-0.2, 0) is 0 Å². The Bertz CT molecular complexity index is 795. The molecule has 0 aliphatic rings. The molecule has 0 aliphatic carbocycles. The van der Waals surface area contributed by atoms with Gasteiger partial charge in [-0.25, -0.2) is 0 Å². The first kappa shape index (κ1) is 18.2. The second-order valence-electron chi connectivity index (χ2n) is 5.00. The Morgan fingerprint density at radius 2 is 1.64 bits per heavy atom. The molecule has 2 aromatic carbocycles. The lowest BCUT2D eigenvalue weighted by Gasteiger charge is -2.14. The molecule has 6 nitrogen and oxygen atoms in total. The normalized spacial score (nSPS) is 10.6. The van der Waals surface area contributed by atoms with Crippen molar-refractivity contribution in [3.8, 4) is 28.7 Å². The van der Waals surface area contributed by atoms with E-state index in [0.717, 1.165) is 0 Å². The standard InChI is InChI=1S/C19H20O6/c1-22-13-7-8-14(16(21)11-13)15(20)9-5-12-6-10-17(23-2)19(25-4)18(12)24-3/h5-11,21H,1-4H3/b9-5-. The van der Waals surface area contributed by atoms with Crippen molar-refractivity contribution in [1.29, 1.82) is 0 Å². The van der Waals surface area contributed by atoms with Crippen LogP contribution in [0.25, 0.3) is 6.08 Å². The van der Waals surface area contributed by atoms with Crippen LogP contribution in [0.1, 0.15) is 15.9 Å². The van der Waals surface area contributed by atoms with Crippen molar-refractivity contribution < 1.29 is 28.8 Å². The number of methoxy groups -OCH3 is 4. The first-order valence-electron chi connectivity index (χ1n) is 7.44. The van der Waals surface area contributed by atoms with Gasteiger partial charge in [0.1, 0.15) is 11.5 Å². The highest BCUT2D eigenvalue weighted by Crippen LogP contribution is 2.40. The summed E-state index contributed by atoms with van der Waals surface area (Å²) in [7, 11) is 6.03.